The topological polar surface area (TPSA) is 93.7 Å². The highest BCUT2D eigenvalue weighted by atomic mass is 16.5. The van der Waals surface area contributed by atoms with E-state index in [9.17, 15) is 14.4 Å². The second kappa shape index (κ2) is 9.38. The van der Waals surface area contributed by atoms with E-state index in [0.29, 0.717) is 33.8 Å². The minimum Gasteiger partial charge on any atom is -0.497 e. The first-order chi connectivity index (χ1) is 14.5. The number of hydrogen-bond acceptors (Lipinski definition) is 5. The quantitative estimate of drug-likeness (QED) is 0.606. The highest BCUT2D eigenvalue weighted by molar-refractivity contribution is 6.07. The number of carbonyl (C=O) groups is 3. The molecule has 7 heteroatoms. The fourth-order valence-corrected chi connectivity index (χ4v) is 2.72. The highest BCUT2D eigenvalue weighted by Crippen LogP contribution is 2.17. The molecule has 0 saturated carbocycles. The number of esters is 1. The van der Waals surface area contributed by atoms with Crippen molar-refractivity contribution >= 4 is 29.2 Å². The molecule has 0 aromatic heterocycles. The van der Waals surface area contributed by atoms with Gasteiger partial charge in [-0.3, -0.25) is 9.59 Å². The standard InChI is InChI=1S/C23H20N2O5/c1-29-20-8-4-6-17(14-20)22(27)25-19-7-3-5-16(13-19)21(26)24-18-11-9-15(10-12-18)23(28)30-2/h3-14H,1-2H3,(H,24,26)(H,25,27). The summed E-state index contributed by atoms with van der Waals surface area (Å²) in [7, 11) is 2.83. The normalized spacial score (nSPS) is 10.1. The lowest BCUT2D eigenvalue weighted by molar-refractivity contribution is 0.0600. The van der Waals surface area contributed by atoms with Gasteiger partial charge in [0, 0.05) is 22.5 Å². The van der Waals surface area contributed by atoms with Crippen LogP contribution in [0.15, 0.2) is 72.8 Å². The lowest BCUT2D eigenvalue weighted by atomic mass is 10.1. The molecule has 2 N–H and O–H groups in total. The zero-order valence-electron chi connectivity index (χ0n) is 16.5. The molecular weight excluding hydrogens is 384 g/mol. The van der Waals surface area contributed by atoms with Crippen LogP contribution in [0.3, 0.4) is 0 Å². The summed E-state index contributed by atoms with van der Waals surface area (Å²) in [5.41, 5.74) is 2.21. The number of anilines is 2. The van der Waals surface area contributed by atoms with Crippen LogP contribution >= 0.6 is 0 Å². The van der Waals surface area contributed by atoms with Crippen LogP contribution in [0.1, 0.15) is 31.1 Å². The zero-order chi connectivity index (χ0) is 21.5. The van der Waals surface area contributed by atoms with Crippen molar-refractivity contribution in [1.82, 2.24) is 0 Å². The molecule has 30 heavy (non-hydrogen) atoms. The molecule has 0 saturated heterocycles. The number of nitrogens with one attached hydrogen (secondary N) is 2. The molecule has 152 valence electrons. The van der Waals surface area contributed by atoms with Crippen LogP contribution in [-0.2, 0) is 4.74 Å². The first-order valence-electron chi connectivity index (χ1n) is 9.05. The minimum atomic E-state index is -0.452. The van der Waals surface area contributed by atoms with E-state index in [1.807, 2.05) is 0 Å². The van der Waals surface area contributed by atoms with Crippen LogP contribution in [0.2, 0.25) is 0 Å². The van der Waals surface area contributed by atoms with Gasteiger partial charge in [-0.2, -0.15) is 0 Å². The van der Waals surface area contributed by atoms with Crippen LogP contribution in [-0.4, -0.2) is 32.0 Å². The van der Waals surface area contributed by atoms with Crippen molar-refractivity contribution in [3.8, 4) is 5.75 Å². The van der Waals surface area contributed by atoms with Crippen molar-refractivity contribution in [2.24, 2.45) is 0 Å². The van der Waals surface area contributed by atoms with Crippen LogP contribution in [0.25, 0.3) is 0 Å². The molecule has 0 heterocycles. The third-order valence-electron chi connectivity index (χ3n) is 4.28. The number of rotatable bonds is 6. The van der Waals surface area contributed by atoms with Crippen molar-refractivity contribution in [1.29, 1.82) is 0 Å². The Morgan fingerprint density at radius 2 is 1.27 bits per heavy atom. The second-order valence-electron chi connectivity index (χ2n) is 6.29. The number of amides is 2. The highest BCUT2D eigenvalue weighted by Gasteiger charge is 2.11. The van der Waals surface area contributed by atoms with Gasteiger partial charge >= 0.3 is 5.97 Å². The predicted molar refractivity (Wildman–Crippen MR) is 113 cm³/mol. The lowest BCUT2D eigenvalue weighted by Crippen LogP contribution is -2.15. The van der Waals surface area contributed by atoms with Gasteiger partial charge < -0.3 is 20.1 Å². The first-order valence-corrected chi connectivity index (χ1v) is 9.05. The Morgan fingerprint density at radius 3 is 1.90 bits per heavy atom. The zero-order valence-corrected chi connectivity index (χ0v) is 16.5. The molecule has 0 fully saturated rings. The average molecular weight is 404 g/mol. The minimum absolute atomic E-state index is 0.315. The van der Waals surface area contributed by atoms with E-state index in [1.54, 1.807) is 72.8 Å². The summed E-state index contributed by atoms with van der Waals surface area (Å²) in [6.45, 7) is 0. The van der Waals surface area contributed by atoms with E-state index in [2.05, 4.69) is 15.4 Å². The van der Waals surface area contributed by atoms with Crippen LogP contribution < -0.4 is 15.4 Å². The van der Waals surface area contributed by atoms with E-state index in [1.165, 1.54) is 14.2 Å². The van der Waals surface area contributed by atoms with Crippen LogP contribution in [0, 0.1) is 0 Å². The Hall–Kier alpha value is -4.13. The number of ether oxygens (including phenoxy) is 2. The summed E-state index contributed by atoms with van der Waals surface area (Å²) in [5.74, 6) is -0.537. The van der Waals surface area contributed by atoms with E-state index < -0.39 is 5.97 Å². The Kier molecular flexibility index (Phi) is 6.44. The van der Waals surface area contributed by atoms with Gasteiger partial charge in [-0.25, -0.2) is 4.79 Å². The molecule has 3 rings (SSSR count). The van der Waals surface area contributed by atoms with Crippen molar-refractivity contribution in [3.63, 3.8) is 0 Å². The third-order valence-corrected chi connectivity index (χ3v) is 4.28. The molecule has 0 unspecified atom stereocenters. The number of methoxy groups -OCH3 is 2. The summed E-state index contributed by atoms with van der Waals surface area (Å²) in [4.78, 5) is 36.5. The molecule has 7 nitrogen and oxygen atoms in total. The third kappa shape index (κ3) is 5.02. The summed E-state index contributed by atoms with van der Waals surface area (Å²) < 4.78 is 9.78. The van der Waals surface area contributed by atoms with Gasteiger partial charge in [0.25, 0.3) is 11.8 Å². The van der Waals surface area contributed by atoms with Crippen LogP contribution in [0.5, 0.6) is 5.75 Å². The molecule has 2 amide bonds. The summed E-state index contributed by atoms with van der Waals surface area (Å²) in [5, 5.41) is 5.52. The van der Waals surface area contributed by atoms with Gasteiger partial charge in [0.2, 0.25) is 0 Å². The molecule has 3 aromatic carbocycles. The van der Waals surface area contributed by atoms with Crippen molar-refractivity contribution in [3.05, 3.63) is 89.5 Å². The van der Waals surface area contributed by atoms with Gasteiger partial charge in [0.1, 0.15) is 5.75 Å². The summed E-state index contributed by atoms with van der Waals surface area (Å²) in [6.07, 6.45) is 0. The van der Waals surface area contributed by atoms with E-state index in [-0.39, 0.29) is 11.8 Å². The predicted octanol–water partition coefficient (Wildman–Crippen LogP) is 3.99. The fraction of sp³-hybridized carbons (Fsp3) is 0.0870. The molecule has 0 spiro atoms. The number of carbonyl (C=O) groups excluding carboxylic acids is 3. The SMILES string of the molecule is COC(=O)c1ccc(NC(=O)c2cccc(NC(=O)c3cccc(OC)c3)c2)cc1. The number of hydrogen-bond donors (Lipinski definition) is 2. The molecule has 0 aliphatic heterocycles. The average Bonchev–Trinajstić information content (AvgIpc) is 2.79. The van der Waals surface area contributed by atoms with Gasteiger partial charge in [0.15, 0.2) is 0 Å². The monoisotopic (exact) mass is 404 g/mol. The molecule has 3 aromatic rings. The smallest absolute Gasteiger partial charge is 0.337 e. The Bertz CT molecular complexity index is 1080. The van der Waals surface area contributed by atoms with E-state index >= 15 is 0 Å². The maximum atomic E-state index is 12.5. The van der Waals surface area contributed by atoms with Crippen molar-refractivity contribution in [2.75, 3.05) is 24.9 Å². The van der Waals surface area contributed by atoms with Gasteiger partial charge in [0.05, 0.1) is 19.8 Å². The van der Waals surface area contributed by atoms with Crippen LogP contribution in [0.4, 0.5) is 11.4 Å². The molecule has 0 atom stereocenters. The van der Waals surface area contributed by atoms with Gasteiger partial charge in [-0.1, -0.05) is 12.1 Å². The maximum absolute atomic E-state index is 12.5. The fourth-order valence-electron chi connectivity index (χ4n) is 2.72. The molecular formula is C23H20N2O5. The van der Waals surface area contributed by atoms with Crippen molar-refractivity contribution < 1.29 is 23.9 Å². The molecule has 0 aliphatic carbocycles. The molecule has 0 bridgehead atoms. The van der Waals surface area contributed by atoms with Crippen molar-refractivity contribution in [2.45, 2.75) is 0 Å². The summed E-state index contributed by atoms with van der Waals surface area (Å²) >= 11 is 0. The Morgan fingerprint density at radius 1 is 0.667 bits per heavy atom. The van der Waals surface area contributed by atoms with Gasteiger partial charge in [-0.05, 0) is 60.7 Å². The van der Waals surface area contributed by atoms with E-state index in [4.69, 9.17) is 4.74 Å². The maximum Gasteiger partial charge on any atom is 0.337 e. The van der Waals surface area contributed by atoms with Gasteiger partial charge in [-0.15, -0.1) is 0 Å². The first kappa shape index (κ1) is 20.6. The second-order valence-corrected chi connectivity index (χ2v) is 6.29. The Balaban J connectivity index is 1.69. The molecule has 0 aliphatic rings. The Labute approximate surface area is 173 Å². The number of benzene rings is 3. The molecule has 0 radical (unpaired) electrons. The summed E-state index contributed by atoms with van der Waals surface area (Å²) in [6, 6.07) is 19.7. The van der Waals surface area contributed by atoms with E-state index in [0.717, 1.165) is 0 Å². The lowest BCUT2D eigenvalue weighted by Gasteiger charge is -2.09. The largest absolute Gasteiger partial charge is 0.497 e.